The van der Waals surface area contributed by atoms with Gasteiger partial charge in [-0.2, -0.15) is 0 Å². The molecule has 0 aliphatic heterocycles. The molecule has 0 aliphatic rings. The zero-order valence-electron chi connectivity index (χ0n) is 9.47. The molecule has 0 bridgehead atoms. The predicted octanol–water partition coefficient (Wildman–Crippen LogP) is 2.25. The number of nitrogens with zero attached hydrogens (tertiary/aromatic N) is 1. The van der Waals surface area contributed by atoms with E-state index in [9.17, 15) is 8.42 Å². The van der Waals surface area contributed by atoms with Crippen molar-refractivity contribution in [2.45, 2.75) is 11.8 Å². The number of imidazole rings is 1. The van der Waals surface area contributed by atoms with Gasteiger partial charge in [-0.25, -0.2) is 8.42 Å². The zero-order chi connectivity index (χ0) is 12.6. The summed E-state index contributed by atoms with van der Waals surface area (Å²) in [6.07, 6.45) is 3.06. The van der Waals surface area contributed by atoms with Crippen LogP contribution in [0, 0.1) is 11.7 Å². The van der Waals surface area contributed by atoms with Crippen LogP contribution < -0.4 is 0 Å². The van der Waals surface area contributed by atoms with Gasteiger partial charge in [-0.3, -0.25) is 4.57 Å². The molecule has 2 aromatic rings. The van der Waals surface area contributed by atoms with Crippen molar-refractivity contribution >= 4 is 22.1 Å². The molecule has 0 aliphatic carbocycles. The Hall–Kier alpha value is -1.40. The zero-order valence-corrected chi connectivity index (χ0v) is 11.1. The fraction of sp³-hybridized carbons (Fsp3) is 0.182. The minimum Gasteiger partial charge on any atom is -0.335 e. The molecule has 4 nitrogen and oxygen atoms in total. The Morgan fingerprint density at radius 1 is 1.24 bits per heavy atom. The lowest BCUT2D eigenvalue weighted by Crippen LogP contribution is -1.98. The molecule has 0 saturated carbocycles. The summed E-state index contributed by atoms with van der Waals surface area (Å²) in [6.45, 7) is 1.91. The molecule has 17 heavy (non-hydrogen) atoms. The van der Waals surface area contributed by atoms with Crippen molar-refractivity contribution in [3.8, 4) is 5.69 Å². The Kier molecular flexibility index (Phi) is 2.92. The van der Waals surface area contributed by atoms with Gasteiger partial charge in [-0.1, -0.05) is 0 Å². The summed E-state index contributed by atoms with van der Waals surface area (Å²) < 4.78 is 25.0. The van der Waals surface area contributed by atoms with Gasteiger partial charge in [-0.05, 0) is 43.4 Å². The number of aromatic nitrogens is 2. The highest BCUT2D eigenvalue weighted by Gasteiger charge is 2.07. The van der Waals surface area contributed by atoms with Crippen LogP contribution in [0.3, 0.4) is 0 Å². The largest absolute Gasteiger partial charge is 0.335 e. The van der Waals surface area contributed by atoms with Crippen LogP contribution in [0.2, 0.25) is 0 Å². The number of aryl methyl sites for hydroxylation is 1. The summed E-state index contributed by atoms with van der Waals surface area (Å²) in [4.78, 5) is 3.32. The van der Waals surface area contributed by atoms with Gasteiger partial charge in [0.15, 0.2) is 14.6 Å². The highest BCUT2D eigenvalue weighted by Crippen LogP contribution is 2.14. The Labute approximate surface area is 105 Å². The summed E-state index contributed by atoms with van der Waals surface area (Å²) in [5.74, 6) is 0. The standard InChI is InChI=1S/C11H12N2O2S2/c1-8-7-13(11(16)12-8)9-3-5-10(6-4-9)17(2,14)15/h3-7H,1-2H3,(H,12,16). The number of rotatable bonds is 2. The van der Waals surface area contributed by atoms with Gasteiger partial charge in [0, 0.05) is 23.8 Å². The van der Waals surface area contributed by atoms with Crippen molar-refractivity contribution < 1.29 is 8.42 Å². The smallest absolute Gasteiger partial charge is 0.181 e. The normalized spacial score (nSPS) is 11.6. The molecule has 0 amide bonds. The predicted molar refractivity (Wildman–Crippen MR) is 68.8 cm³/mol. The van der Waals surface area contributed by atoms with E-state index in [1.807, 2.05) is 13.1 Å². The lowest BCUT2D eigenvalue weighted by Gasteiger charge is -2.03. The number of aromatic amines is 1. The van der Waals surface area contributed by atoms with E-state index in [1.165, 1.54) is 6.26 Å². The van der Waals surface area contributed by atoms with Crippen LogP contribution in [-0.2, 0) is 9.84 Å². The van der Waals surface area contributed by atoms with E-state index in [2.05, 4.69) is 4.98 Å². The third-order valence-corrected chi connectivity index (χ3v) is 3.82. The van der Waals surface area contributed by atoms with Crippen molar-refractivity contribution in [1.82, 2.24) is 9.55 Å². The summed E-state index contributed by atoms with van der Waals surface area (Å²) in [5.41, 5.74) is 1.80. The highest BCUT2D eigenvalue weighted by molar-refractivity contribution is 7.90. The second-order valence-electron chi connectivity index (χ2n) is 3.88. The van der Waals surface area contributed by atoms with Crippen LogP contribution in [-0.4, -0.2) is 24.2 Å². The van der Waals surface area contributed by atoms with Crippen LogP contribution in [0.4, 0.5) is 0 Å². The molecule has 2 rings (SSSR count). The lowest BCUT2D eigenvalue weighted by molar-refractivity contribution is 0.602. The second-order valence-corrected chi connectivity index (χ2v) is 6.28. The number of nitrogens with one attached hydrogen (secondary N) is 1. The van der Waals surface area contributed by atoms with Crippen LogP contribution >= 0.6 is 12.2 Å². The van der Waals surface area contributed by atoms with E-state index in [-0.39, 0.29) is 0 Å². The van der Waals surface area contributed by atoms with E-state index in [0.29, 0.717) is 9.67 Å². The maximum atomic E-state index is 11.3. The third-order valence-electron chi connectivity index (χ3n) is 2.39. The minimum absolute atomic E-state index is 0.306. The quantitative estimate of drug-likeness (QED) is 0.850. The van der Waals surface area contributed by atoms with Crippen molar-refractivity contribution in [1.29, 1.82) is 0 Å². The van der Waals surface area contributed by atoms with Gasteiger partial charge in [0.1, 0.15) is 0 Å². The van der Waals surface area contributed by atoms with E-state index in [1.54, 1.807) is 28.8 Å². The first-order valence-corrected chi connectivity index (χ1v) is 7.26. The molecule has 90 valence electrons. The third kappa shape index (κ3) is 2.48. The average Bonchev–Trinajstić information content (AvgIpc) is 2.57. The number of sulfone groups is 1. The summed E-state index contributed by atoms with van der Waals surface area (Å²) in [5, 5.41) is 0. The van der Waals surface area contributed by atoms with Crippen molar-refractivity contribution in [3.63, 3.8) is 0 Å². The van der Waals surface area contributed by atoms with Crippen molar-refractivity contribution in [2.24, 2.45) is 0 Å². The van der Waals surface area contributed by atoms with Crippen molar-refractivity contribution in [3.05, 3.63) is 40.9 Å². The molecule has 1 aromatic carbocycles. The van der Waals surface area contributed by atoms with Crippen molar-refractivity contribution in [2.75, 3.05) is 6.26 Å². The van der Waals surface area contributed by atoms with Crippen LogP contribution in [0.1, 0.15) is 5.69 Å². The van der Waals surface area contributed by atoms with Gasteiger partial charge in [0.05, 0.1) is 4.90 Å². The van der Waals surface area contributed by atoms with E-state index >= 15 is 0 Å². The van der Waals surface area contributed by atoms with Gasteiger partial charge < -0.3 is 4.98 Å². The molecule has 0 saturated heterocycles. The van der Waals surface area contributed by atoms with Crippen LogP contribution in [0.5, 0.6) is 0 Å². The number of H-pyrrole nitrogens is 1. The molecule has 0 atom stereocenters. The summed E-state index contributed by atoms with van der Waals surface area (Å²) >= 11 is 5.15. The maximum Gasteiger partial charge on any atom is 0.181 e. The molecule has 1 N–H and O–H groups in total. The van der Waals surface area contributed by atoms with Crippen LogP contribution in [0.25, 0.3) is 5.69 Å². The fourth-order valence-corrected chi connectivity index (χ4v) is 2.51. The number of hydrogen-bond donors (Lipinski definition) is 1. The number of hydrogen-bond acceptors (Lipinski definition) is 3. The van der Waals surface area contributed by atoms with Crippen LogP contribution in [0.15, 0.2) is 35.4 Å². The summed E-state index contributed by atoms with van der Waals surface area (Å²) in [7, 11) is -3.15. The monoisotopic (exact) mass is 268 g/mol. The van der Waals surface area contributed by atoms with Gasteiger partial charge in [-0.15, -0.1) is 0 Å². The Morgan fingerprint density at radius 3 is 2.24 bits per heavy atom. The summed E-state index contributed by atoms with van der Waals surface area (Å²) in [6, 6.07) is 6.63. The first-order valence-electron chi connectivity index (χ1n) is 4.97. The first kappa shape index (κ1) is 12.1. The Morgan fingerprint density at radius 2 is 1.82 bits per heavy atom. The van der Waals surface area contributed by atoms with Gasteiger partial charge >= 0.3 is 0 Å². The molecule has 1 aromatic heterocycles. The van der Waals surface area contributed by atoms with E-state index in [0.717, 1.165) is 11.4 Å². The number of benzene rings is 1. The Bertz CT molecular complexity index is 694. The molecule has 6 heteroatoms. The van der Waals surface area contributed by atoms with Gasteiger partial charge in [0.25, 0.3) is 0 Å². The average molecular weight is 268 g/mol. The SMILES string of the molecule is Cc1cn(-c2ccc(S(C)(=O)=O)cc2)c(=S)[nH]1. The Balaban J connectivity index is 2.50. The van der Waals surface area contributed by atoms with E-state index < -0.39 is 9.84 Å². The molecule has 0 radical (unpaired) electrons. The maximum absolute atomic E-state index is 11.3. The second kappa shape index (κ2) is 4.12. The topological polar surface area (TPSA) is 54.9 Å². The molecular weight excluding hydrogens is 256 g/mol. The molecule has 0 spiro atoms. The highest BCUT2D eigenvalue weighted by atomic mass is 32.2. The molecule has 0 unspecified atom stereocenters. The lowest BCUT2D eigenvalue weighted by atomic mass is 10.3. The molecular formula is C11H12N2O2S2. The molecule has 1 heterocycles. The molecule has 0 fully saturated rings. The van der Waals surface area contributed by atoms with E-state index in [4.69, 9.17) is 12.2 Å². The van der Waals surface area contributed by atoms with Gasteiger partial charge in [0.2, 0.25) is 0 Å². The first-order chi connectivity index (χ1) is 7.88. The fourth-order valence-electron chi connectivity index (χ4n) is 1.56. The minimum atomic E-state index is -3.15.